The van der Waals surface area contributed by atoms with Gasteiger partial charge in [0.2, 0.25) is 45.9 Å². The maximum atomic E-state index is 13.9. The van der Waals surface area contributed by atoms with Gasteiger partial charge in [-0.2, -0.15) is 8.78 Å². The van der Waals surface area contributed by atoms with Crippen LogP contribution in [0.4, 0.5) is 22.0 Å². The van der Waals surface area contributed by atoms with E-state index in [-0.39, 0.29) is 4.90 Å². The van der Waals surface area contributed by atoms with Crippen LogP contribution in [0.25, 0.3) is 22.0 Å². The maximum Gasteiger partial charge on any atom is 0.240 e. The lowest BCUT2D eigenvalue weighted by molar-refractivity contribution is 0.352. The molecule has 4 aromatic rings. The molecule has 4 rings (SSSR count). The first kappa shape index (κ1) is 27.1. The molecule has 3 aromatic carbocycles. The van der Waals surface area contributed by atoms with Crippen LogP contribution in [0.5, 0.6) is 11.5 Å². The van der Waals surface area contributed by atoms with Crippen molar-refractivity contribution in [1.82, 2.24) is 4.98 Å². The van der Waals surface area contributed by atoms with Crippen LogP contribution in [-0.4, -0.2) is 16.3 Å². The number of benzene rings is 3. The molecule has 0 radical (unpaired) electrons. The second-order valence-corrected chi connectivity index (χ2v) is 8.50. The molecule has 1 unspecified atom stereocenters. The minimum Gasteiger partial charge on any atom is -0.496 e. The summed E-state index contributed by atoms with van der Waals surface area (Å²) in [6.45, 7) is 7.84. The van der Waals surface area contributed by atoms with Gasteiger partial charge in [-0.3, -0.25) is 4.98 Å². The molecular weight excluding hydrogens is 501 g/mol. The lowest BCUT2D eigenvalue weighted by atomic mass is 9.98. The Balaban J connectivity index is 0.00000176. The van der Waals surface area contributed by atoms with Gasteiger partial charge in [0.1, 0.15) is 5.75 Å². The van der Waals surface area contributed by atoms with E-state index in [0.717, 1.165) is 16.7 Å². The molecule has 1 heterocycles. The van der Waals surface area contributed by atoms with Gasteiger partial charge in [0.05, 0.1) is 17.7 Å². The number of rotatable bonds is 5. The van der Waals surface area contributed by atoms with Crippen molar-refractivity contribution in [2.45, 2.75) is 32.6 Å². The molecule has 0 amide bonds. The van der Waals surface area contributed by atoms with Crippen molar-refractivity contribution in [3.63, 3.8) is 0 Å². The molecule has 1 atom stereocenters. The summed E-state index contributed by atoms with van der Waals surface area (Å²) in [4.78, 5) is 4.41. The van der Waals surface area contributed by atoms with E-state index in [2.05, 4.69) is 9.17 Å². The van der Waals surface area contributed by atoms with Crippen molar-refractivity contribution in [2.24, 2.45) is 0 Å². The maximum absolute atomic E-state index is 13.9. The number of halogens is 5. The number of aryl methyl sites for hydroxylation is 2. The summed E-state index contributed by atoms with van der Waals surface area (Å²) in [6.07, 6.45) is 1.53. The van der Waals surface area contributed by atoms with E-state index in [1.165, 1.54) is 18.3 Å². The Labute approximate surface area is 207 Å². The van der Waals surface area contributed by atoms with Crippen LogP contribution < -0.4 is 8.92 Å². The van der Waals surface area contributed by atoms with E-state index in [1.807, 2.05) is 39.8 Å². The third-order valence-corrected chi connectivity index (χ3v) is 6.21. The van der Waals surface area contributed by atoms with Gasteiger partial charge in [-0.1, -0.05) is 26.0 Å². The van der Waals surface area contributed by atoms with Crippen LogP contribution in [0.15, 0.2) is 47.5 Å². The number of pyridine rings is 1. The molecule has 0 saturated carbocycles. The number of nitrogens with zero attached hydrogens (tertiary/aromatic N) is 1. The number of hydrogen-bond acceptors (Lipinski definition) is 4. The first-order chi connectivity index (χ1) is 17.1. The molecule has 0 bridgehead atoms. The van der Waals surface area contributed by atoms with Crippen LogP contribution in [0.3, 0.4) is 0 Å². The van der Waals surface area contributed by atoms with Crippen molar-refractivity contribution >= 4 is 21.9 Å². The van der Waals surface area contributed by atoms with Gasteiger partial charge < -0.3 is 8.92 Å². The minimum atomic E-state index is -2.57. The minimum absolute atomic E-state index is 0.0493. The highest BCUT2D eigenvalue weighted by molar-refractivity contribution is 7.80. The average Bonchev–Trinajstić information content (AvgIpc) is 2.89. The molecule has 0 N–H and O–H groups in total. The molecule has 0 aliphatic rings. The number of fused-ring (bicyclic) bond motifs is 1. The van der Waals surface area contributed by atoms with Crippen molar-refractivity contribution < 1.29 is 35.1 Å². The van der Waals surface area contributed by atoms with Gasteiger partial charge in [-0.15, -0.1) is 0 Å². The molecule has 4 nitrogen and oxygen atoms in total. The number of aromatic nitrogens is 1. The fraction of sp³-hybridized carbons (Fsp3) is 0.192. The van der Waals surface area contributed by atoms with Crippen molar-refractivity contribution in [1.29, 1.82) is 0 Å². The Kier molecular flexibility index (Phi) is 8.29. The highest BCUT2D eigenvalue weighted by Gasteiger charge is 2.29. The van der Waals surface area contributed by atoms with E-state index < -0.39 is 45.9 Å². The van der Waals surface area contributed by atoms with E-state index in [9.17, 15) is 26.2 Å². The molecule has 0 spiro atoms. The molecule has 1 aromatic heterocycles. The molecule has 0 aliphatic heterocycles. The van der Waals surface area contributed by atoms with Crippen LogP contribution in [0.1, 0.15) is 25.0 Å². The third kappa shape index (κ3) is 4.90. The molecule has 10 heteroatoms. The van der Waals surface area contributed by atoms with Gasteiger partial charge in [0.15, 0.2) is 0 Å². The summed E-state index contributed by atoms with van der Waals surface area (Å²) in [6, 6.07) is 9.79. The average molecular weight is 524 g/mol. The molecular formula is C26H22F5NO3S. The first-order valence-corrected chi connectivity index (χ1v) is 11.9. The van der Waals surface area contributed by atoms with E-state index in [1.54, 1.807) is 19.2 Å². The van der Waals surface area contributed by atoms with Gasteiger partial charge in [0, 0.05) is 17.1 Å². The Morgan fingerprint density at radius 3 is 2.03 bits per heavy atom. The second kappa shape index (κ2) is 11.0. The van der Waals surface area contributed by atoms with Crippen LogP contribution in [-0.2, 0) is 11.1 Å². The highest BCUT2D eigenvalue weighted by atomic mass is 32.2. The highest BCUT2D eigenvalue weighted by Crippen LogP contribution is 2.35. The summed E-state index contributed by atoms with van der Waals surface area (Å²) in [5.41, 5.74) is 3.32. The van der Waals surface area contributed by atoms with Gasteiger partial charge >= 0.3 is 0 Å². The predicted octanol–water partition coefficient (Wildman–Crippen LogP) is 7.35. The fourth-order valence-corrected chi connectivity index (χ4v) is 4.36. The Morgan fingerprint density at radius 1 is 0.806 bits per heavy atom. The summed E-state index contributed by atoms with van der Waals surface area (Å²) in [5, 5.41) is 1.24. The monoisotopic (exact) mass is 523 g/mol. The van der Waals surface area contributed by atoms with Crippen LogP contribution in [0, 0.1) is 42.9 Å². The van der Waals surface area contributed by atoms with E-state index in [4.69, 9.17) is 4.74 Å². The van der Waals surface area contributed by atoms with E-state index >= 15 is 0 Å². The fourth-order valence-electron chi connectivity index (χ4n) is 3.56. The number of hydrogen-bond donors (Lipinski definition) is 0. The standard InChI is InChI=1S/C24H16F5NO3S.C2H6/c1-11-8-12(2)17(32-3)10-16(11)23-15-5-4-14(9-13(15)6-7-30-23)34(31)33-24-21(28)19(26)18(25)20(27)22(24)29;1-2/h4-10H,1-3H3;1-2H3. The number of ether oxygens (including phenoxy) is 1. The Hall–Kier alpha value is -3.53. The molecule has 0 aliphatic carbocycles. The third-order valence-electron chi connectivity index (χ3n) is 5.25. The quantitative estimate of drug-likeness (QED) is 0.156. The topological polar surface area (TPSA) is 48.4 Å². The summed E-state index contributed by atoms with van der Waals surface area (Å²) >= 11 is -2.57. The van der Waals surface area contributed by atoms with Gasteiger partial charge in [0.25, 0.3) is 0 Å². The normalized spacial score (nSPS) is 11.6. The van der Waals surface area contributed by atoms with E-state index in [0.29, 0.717) is 22.2 Å². The summed E-state index contributed by atoms with van der Waals surface area (Å²) < 4.78 is 90.5. The summed E-state index contributed by atoms with van der Waals surface area (Å²) in [5.74, 6) is -12.1. The molecule has 36 heavy (non-hydrogen) atoms. The number of methoxy groups -OCH3 is 1. The molecule has 0 fully saturated rings. The van der Waals surface area contributed by atoms with Crippen LogP contribution in [0.2, 0.25) is 0 Å². The second-order valence-electron chi connectivity index (χ2n) is 7.40. The van der Waals surface area contributed by atoms with Crippen molar-refractivity contribution in [2.75, 3.05) is 7.11 Å². The van der Waals surface area contributed by atoms with Crippen LogP contribution >= 0.6 is 0 Å². The zero-order valence-electron chi connectivity index (χ0n) is 20.0. The zero-order valence-corrected chi connectivity index (χ0v) is 20.8. The zero-order chi connectivity index (χ0) is 26.7. The van der Waals surface area contributed by atoms with Crippen molar-refractivity contribution in [3.8, 4) is 22.8 Å². The largest absolute Gasteiger partial charge is 0.496 e. The SMILES string of the molecule is CC.COc1cc(-c2nccc3cc(S(=O)Oc4c(F)c(F)c(F)c(F)c4F)ccc23)c(C)cc1C. The van der Waals surface area contributed by atoms with Gasteiger partial charge in [-0.25, -0.2) is 17.4 Å². The predicted molar refractivity (Wildman–Crippen MR) is 128 cm³/mol. The smallest absolute Gasteiger partial charge is 0.240 e. The van der Waals surface area contributed by atoms with Gasteiger partial charge in [-0.05, 0) is 54.6 Å². The first-order valence-electron chi connectivity index (χ1n) is 10.8. The molecule has 190 valence electrons. The lowest BCUT2D eigenvalue weighted by Crippen LogP contribution is -2.09. The summed E-state index contributed by atoms with van der Waals surface area (Å²) in [7, 11) is 1.56. The Morgan fingerprint density at radius 2 is 1.42 bits per heavy atom. The molecule has 0 saturated heterocycles. The lowest BCUT2D eigenvalue weighted by Gasteiger charge is -2.13. The Bertz CT molecular complexity index is 1450. The van der Waals surface area contributed by atoms with Crippen molar-refractivity contribution in [3.05, 3.63) is 82.8 Å².